The Morgan fingerprint density at radius 1 is 1.29 bits per heavy atom. The first-order chi connectivity index (χ1) is 11.4. The summed E-state index contributed by atoms with van der Waals surface area (Å²) in [6.07, 6.45) is 2.22. The zero-order valence-corrected chi connectivity index (χ0v) is 14.0. The molecule has 3 rings (SSSR count). The number of benzene rings is 1. The molecule has 1 aliphatic rings. The number of methoxy groups -OCH3 is 1. The summed E-state index contributed by atoms with van der Waals surface area (Å²) >= 11 is 0. The molecule has 1 aliphatic heterocycles. The number of rotatable bonds is 4. The molecule has 0 radical (unpaired) electrons. The number of aromatic nitrogens is 1. The summed E-state index contributed by atoms with van der Waals surface area (Å²) < 4.78 is 32.6. The third-order valence-corrected chi connectivity index (χ3v) is 6.29. The number of carbonyl (C=O) groups is 1. The van der Waals surface area contributed by atoms with Gasteiger partial charge in [0.15, 0.2) is 0 Å². The number of hydrogen-bond donors (Lipinski definition) is 1. The van der Waals surface area contributed by atoms with Crippen LogP contribution in [0.25, 0.3) is 10.9 Å². The first kappa shape index (κ1) is 16.7. The Morgan fingerprint density at radius 3 is 2.62 bits per heavy atom. The Balaban J connectivity index is 1.99. The van der Waals surface area contributed by atoms with Crippen molar-refractivity contribution in [2.24, 2.45) is 5.92 Å². The van der Waals surface area contributed by atoms with Gasteiger partial charge in [-0.05, 0) is 37.1 Å². The van der Waals surface area contributed by atoms with E-state index in [0.29, 0.717) is 29.5 Å². The van der Waals surface area contributed by atoms with Crippen molar-refractivity contribution in [3.63, 3.8) is 0 Å². The highest BCUT2D eigenvalue weighted by Gasteiger charge is 2.33. The fraction of sp³-hybridized carbons (Fsp3) is 0.375. The highest BCUT2D eigenvalue weighted by Crippen LogP contribution is 2.32. The molecule has 0 aliphatic carbocycles. The summed E-state index contributed by atoms with van der Waals surface area (Å²) in [5.41, 5.74) is 0.487. The molecule has 0 atom stereocenters. The smallest absolute Gasteiger partial charge is 0.306 e. The molecule has 2 aromatic rings. The second-order valence-corrected chi connectivity index (χ2v) is 7.59. The number of fused-ring (bicyclic) bond motifs is 1. The zero-order valence-electron chi connectivity index (χ0n) is 13.2. The molecular weight excluding hydrogens is 332 g/mol. The fourth-order valence-electron chi connectivity index (χ4n) is 2.99. The molecule has 1 saturated heterocycles. The van der Waals surface area contributed by atoms with Crippen molar-refractivity contribution in [1.82, 2.24) is 9.29 Å². The fourth-order valence-corrected chi connectivity index (χ4v) is 4.64. The summed E-state index contributed by atoms with van der Waals surface area (Å²) in [6, 6.07) is 6.48. The number of nitrogens with zero attached hydrogens (tertiary/aromatic N) is 2. The summed E-state index contributed by atoms with van der Waals surface area (Å²) in [7, 11) is -2.21. The molecule has 7 nitrogen and oxygen atoms in total. The lowest BCUT2D eigenvalue weighted by molar-refractivity contribution is -0.142. The molecule has 0 unspecified atom stereocenters. The second kappa shape index (κ2) is 6.37. The molecule has 0 saturated carbocycles. The number of carboxylic acids is 1. The first-order valence-corrected chi connectivity index (χ1v) is 9.04. The van der Waals surface area contributed by atoms with Gasteiger partial charge in [0.05, 0.1) is 17.9 Å². The van der Waals surface area contributed by atoms with E-state index in [9.17, 15) is 13.2 Å². The van der Waals surface area contributed by atoms with Gasteiger partial charge in [-0.25, -0.2) is 8.42 Å². The van der Waals surface area contributed by atoms with Crippen molar-refractivity contribution in [1.29, 1.82) is 0 Å². The standard InChI is InChI=1S/C16H18N2O5S/c1-23-13-4-5-14(12-3-2-8-17-15(12)13)24(21,22)18-9-6-11(7-10-18)16(19)20/h2-5,8,11H,6-7,9-10H2,1H3,(H,19,20). The lowest BCUT2D eigenvalue weighted by Crippen LogP contribution is -2.40. The van der Waals surface area contributed by atoms with Gasteiger partial charge in [-0.3, -0.25) is 9.78 Å². The van der Waals surface area contributed by atoms with Crippen LogP contribution in [0.15, 0.2) is 35.4 Å². The maximum Gasteiger partial charge on any atom is 0.306 e. The van der Waals surface area contributed by atoms with Gasteiger partial charge in [0.25, 0.3) is 0 Å². The van der Waals surface area contributed by atoms with E-state index in [1.807, 2.05) is 0 Å². The Morgan fingerprint density at radius 2 is 2.00 bits per heavy atom. The minimum atomic E-state index is -3.72. The van der Waals surface area contributed by atoms with Crippen molar-refractivity contribution in [3.8, 4) is 5.75 Å². The number of ether oxygens (including phenoxy) is 1. The van der Waals surface area contributed by atoms with Gasteiger partial charge in [-0.15, -0.1) is 0 Å². The van der Waals surface area contributed by atoms with E-state index in [-0.39, 0.29) is 18.0 Å². The monoisotopic (exact) mass is 350 g/mol. The normalized spacial score (nSPS) is 17.0. The van der Waals surface area contributed by atoms with Crippen LogP contribution in [0.4, 0.5) is 0 Å². The average molecular weight is 350 g/mol. The summed E-state index contributed by atoms with van der Waals surface area (Å²) in [5.74, 6) is -0.842. The van der Waals surface area contributed by atoms with Gasteiger partial charge in [0.2, 0.25) is 10.0 Å². The van der Waals surface area contributed by atoms with Crippen LogP contribution in [0.5, 0.6) is 5.75 Å². The number of pyridine rings is 1. The van der Waals surface area contributed by atoms with Crippen LogP contribution < -0.4 is 4.74 Å². The third kappa shape index (κ3) is 2.83. The van der Waals surface area contributed by atoms with Crippen molar-refractivity contribution in [3.05, 3.63) is 30.5 Å². The van der Waals surface area contributed by atoms with E-state index >= 15 is 0 Å². The second-order valence-electron chi connectivity index (χ2n) is 5.68. The largest absolute Gasteiger partial charge is 0.494 e. The van der Waals surface area contributed by atoms with Crippen LogP contribution in [0.1, 0.15) is 12.8 Å². The molecule has 128 valence electrons. The first-order valence-electron chi connectivity index (χ1n) is 7.60. The topological polar surface area (TPSA) is 96.8 Å². The quantitative estimate of drug-likeness (QED) is 0.902. The Kier molecular flexibility index (Phi) is 4.42. The highest BCUT2D eigenvalue weighted by atomic mass is 32.2. The van der Waals surface area contributed by atoms with E-state index in [0.717, 1.165) is 0 Å². The molecule has 0 bridgehead atoms. The molecule has 1 aromatic heterocycles. The van der Waals surface area contributed by atoms with Gasteiger partial charge >= 0.3 is 5.97 Å². The van der Waals surface area contributed by atoms with Crippen molar-refractivity contribution < 1.29 is 23.1 Å². The number of hydrogen-bond acceptors (Lipinski definition) is 5. The molecule has 8 heteroatoms. The van der Waals surface area contributed by atoms with E-state index in [4.69, 9.17) is 9.84 Å². The predicted octanol–water partition coefficient (Wildman–Crippen LogP) is 1.73. The maximum atomic E-state index is 13.0. The van der Waals surface area contributed by atoms with E-state index < -0.39 is 21.9 Å². The van der Waals surface area contributed by atoms with Crippen LogP contribution in [-0.2, 0) is 14.8 Å². The lowest BCUT2D eigenvalue weighted by atomic mass is 9.99. The van der Waals surface area contributed by atoms with Crippen LogP contribution in [-0.4, -0.2) is 49.0 Å². The number of sulfonamides is 1. The summed E-state index contributed by atoms with van der Waals surface area (Å²) in [6.45, 7) is 0.403. The Labute approximate surface area is 139 Å². The van der Waals surface area contributed by atoms with Crippen LogP contribution >= 0.6 is 0 Å². The Bertz CT molecular complexity index is 873. The van der Waals surface area contributed by atoms with Crippen molar-refractivity contribution in [2.45, 2.75) is 17.7 Å². The molecule has 24 heavy (non-hydrogen) atoms. The predicted molar refractivity (Wildman–Crippen MR) is 87.4 cm³/mol. The number of aliphatic carboxylic acids is 1. The molecule has 1 fully saturated rings. The molecular formula is C16H18N2O5S. The third-order valence-electron chi connectivity index (χ3n) is 4.33. The molecule has 2 heterocycles. The van der Waals surface area contributed by atoms with E-state index in [2.05, 4.69) is 4.98 Å². The van der Waals surface area contributed by atoms with Gasteiger partial charge in [-0.1, -0.05) is 0 Å². The van der Waals surface area contributed by atoms with Gasteiger partial charge < -0.3 is 9.84 Å². The van der Waals surface area contributed by atoms with E-state index in [1.54, 1.807) is 24.4 Å². The average Bonchev–Trinajstić information content (AvgIpc) is 2.60. The maximum absolute atomic E-state index is 13.0. The Hall–Kier alpha value is -2.19. The SMILES string of the molecule is COc1ccc(S(=O)(=O)N2CCC(C(=O)O)CC2)c2cccnc12. The summed E-state index contributed by atoms with van der Waals surface area (Å²) in [5, 5.41) is 9.55. The molecule has 0 amide bonds. The molecule has 0 spiro atoms. The van der Waals surface area contributed by atoms with Gasteiger partial charge in [0.1, 0.15) is 11.3 Å². The highest BCUT2D eigenvalue weighted by molar-refractivity contribution is 7.89. The van der Waals surface area contributed by atoms with Crippen molar-refractivity contribution >= 4 is 26.9 Å². The van der Waals surface area contributed by atoms with Crippen molar-refractivity contribution in [2.75, 3.05) is 20.2 Å². The van der Waals surface area contributed by atoms with E-state index in [1.165, 1.54) is 17.5 Å². The van der Waals surface area contributed by atoms with Crippen LogP contribution in [0.2, 0.25) is 0 Å². The minimum Gasteiger partial charge on any atom is -0.494 e. The molecule has 1 N–H and O–H groups in total. The minimum absolute atomic E-state index is 0.167. The van der Waals surface area contributed by atoms with Crippen LogP contribution in [0.3, 0.4) is 0 Å². The summed E-state index contributed by atoms with van der Waals surface area (Å²) in [4.78, 5) is 15.4. The zero-order chi connectivity index (χ0) is 17.3. The van der Waals surface area contributed by atoms with Gasteiger partial charge in [-0.2, -0.15) is 4.31 Å². The number of piperidine rings is 1. The van der Waals surface area contributed by atoms with Gasteiger partial charge in [0, 0.05) is 24.7 Å². The number of carboxylic acid groups (broad SMARTS) is 1. The van der Waals surface area contributed by atoms with Crippen LogP contribution in [0, 0.1) is 5.92 Å². The lowest BCUT2D eigenvalue weighted by Gasteiger charge is -2.29. The molecule has 1 aromatic carbocycles.